The van der Waals surface area contributed by atoms with Crippen LogP contribution in [0.2, 0.25) is 0 Å². The van der Waals surface area contributed by atoms with Crippen LogP contribution in [-0.4, -0.2) is 16.6 Å². The molecule has 0 fully saturated rings. The third-order valence-corrected chi connectivity index (χ3v) is 1.28. The molecule has 11 heavy (non-hydrogen) atoms. The zero-order chi connectivity index (χ0) is 8.27. The van der Waals surface area contributed by atoms with Gasteiger partial charge in [0.2, 0.25) is 0 Å². The van der Waals surface area contributed by atoms with Gasteiger partial charge in [-0.1, -0.05) is 0 Å². The van der Waals surface area contributed by atoms with Gasteiger partial charge in [-0.2, -0.15) is 0 Å². The lowest BCUT2D eigenvalue weighted by molar-refractivity contribution is 0.112. The highest BCUT2D eigenvalue weighted by Gasteiger charge is 1.99. The van der Waals surface area contributed by atoms with Crippen molar-refractivity contribution in [2.45, 2.75) is 0 Å². The highest BCUT2D eigenvalue weighted by molar-refractivity contribution is 5.81. The molecule has 0 saturated carbocycles. The second-order valence-corrected chi connectivity index (χ2v) is 2.00. The molecule has 1 aromatic rings. The van der Waals surface area contributed by atoms with Crippen molar-refractivity contribution in [1.82, 2.24) is 0 Å². The van der Waals surface area contributed by atoms with Crippen LogP contribution in [0.3, 0.4) is 0 Å². The third kappa shape index (κ3) is 1.47. The van der Waals surface area contributed by atoms with E-state index >= 15 is 0 Å². The smallest absolute Gasteiger partial charge is 0.153 e. The van der Waals surface area contributed by atoms with Gasteiger partial charge in [-0.05, 0) is 18.2 Å². The van der Waals surface area contributed by atoms with Crippen molar-refractivity contribution >= 4 is 12.0 Å². The molecule has 0 aliphatic heterocycles. The molecule has 0 atom stereocenters. The lowest BCUT2D eigenvalue weighted by Crippen LogP contribution is -1.90. The van der Waals surface area contributed by atoms with Crippen LogP contribution in [0.4, 0.5) is 5.69 Å². The van der Waals surface area contributed by atoms with Crippen molar-refractivity contribution in [1.29, 1.82) is 0 Å². The minimum Gasteiger partial charge on any atom is -0.507 e. The molecule has 0 aliphatic carbocycles. The van der Waals surface area contributed by atoms with Crippen molar-refractivity contribution in [3.8, 4) is 5.75 Å². The Morgan fingerprint density at radius 3 is 2.73 bits per heavy atom. The Kier molecular flexibility index (Phi) is 2.08. The fourth-order valence-corrected chi connectivity index (χ4v) is 0.718. The van der Waals surface area contributed by atoms with Gasteiger partial charge in [0, 0.05) is 0 Å². The summed E-state index contributed by atoms with van der Waals surface area (Å²) in [6.45, 7) is 0. The fraction of sp³-hybridized carbons (Fsp3) is 0. The molecule has 0 aromatic heterocycles. The molecule has 1 rings (SSSR count). The zero-order valence-corrected chi connectivity index (χ0v) is 5.61. The maximum atomic E-state index is 10.2. The number of phenolic OH excluding ortho intramolecular Hbond substituents is 1. The van der Waals surface area contributed by atoms with Gasteiger partial charge in [-0.25, -0.2) is 0 Å². The molecule has 0 amide bonds. The van der Waals surface area contributed by atoms with Crippen molar-refractivity contribution in [2.24, 2.45) is 0 Å². The van der Waals surface area contributed by atoms with Crippen LogP contribution in [0.5, 0.6) is 5.75 Å². The maximum Gasteiger partial charge on any atom is 0.153 e. The van der Waals surface area contributed by atoms with Gasteiger partial charge in [-0.15, -0.1) is 0 Å². The van der Waals surface area contributed by atoms with Crippen LogP contribution in [0.25, 0.3) is 0 Å². The number of rotatable bonds is 2. The van der Waals surface area contributed by atoms with E-state index in [1.807, 2.05) is 5.48 Å². The van der Waals surface area contributed by atoms with E-state index in [4.69, 9.17) is 10.3 Å². The van der Waals surface area contributed by atoms with Crippen molar-refractivity contribution < 1.29 is 15.1 Å². The van der Waals surface area contributed by atoms with E-state index < -0.39 is 0 Å². The molecule has 4 heteroatoms. The number of hydrogen-bond acceptors (Lipinski definition) is 4. The van der Waals surface area contributed by atoms with Crippen molar-refractivity contribution in [3.05, 3.63) is 23.8 Å². The standard InChI is InChI=1S/C7H7NO3/c9-4-5-3-6(8-11)1-2-7(5)10/h1-4,8,10-11H. The van der Waals surface area contributed by atoms with Crippen LogP contribution in [0.1, 0.15) is 10.4 Å². The van der Waals surface area contributed by atoms with Crippen LogP contribution in [0, 0.1) is 0 Å². The normalized spacial score (nSPS) is 9.18. The first-order valence-corrected chi connectivity index (χ1v) is 2.96. The summed E-state index contributed by atoms with van der Waals surface area (Å²) >= 11 is 0. The highest BCUT2D eigenvalue weighted by Crippen LogP contribution is 2.18. The molecule has 1 aromatic carbocycles. The first-order chi connectivity index (χ1) is 5.27. The van der Waals surface area contributed by atoms with Crippen LogP contribution < -0.4 is 5.48 Å². The minimum atomic E-state index is -0.0981. The zero-order valence-electron chi connectivity index (χ0n) is 5.61. The Morgan fingerprint density at radius 2 is 2.18 bits per heavy atom. The molecule has 0 saturated heterocycles. The van der Waals surface area contributed by atoms with Gasteiger partial charge in [0.05, 0.1) is 11.3 Å². The van der Waals surface area contributed by atoms with Gasteiger partial charge < -0.3 is 5.11 Å². The molecule has 0 aliphatic rings. The summed E-state index contributed by atoms with van der Waals surface area (Å²) in [6.07, 6.45) is 0.510. The molecule has 0 unspecified atom stereocenters. The second-order valence-electron chi connectivity index (χ2n) is 2.00. The molecule has 4 nitrogen and oxygen atoms in total. The van der Waals surface area contributed by atoms with E-state index in [0.717, 1.165) is 0 Å². The predicted molar refractivity (Wildman–Crippen MR) is 38.9 cm³/mol. The number of benzene rings is 1. The number of phenols is 1. The van der Waals surface area contributed by atoms with E-state index in [1.54, 1.807) is 0 Å². The van der Waals surface area contributed by atoms with Gasteiger partial charge in [0.15, 0.2) is 6.29 Å². The molecule has 3 N–H and O–H groups in total. The Hall–Kier alpha value is -1.55. The summed E-state index contributed by atoms with van der Waals surface area (Å²) in [7, 11) is 0. The predicted octanol–water partition coefficient (Wildman–Crippen LogP) is 1.01. The number of hydrogen-bond donors (Lipinski definition) is 3. The van der Waals surface area contributed by atoms with Gasteiger partial charge in [0.1, 0.15) is 5.75 Å². The van der Waals surface area contributed by atoms with Crippen LogP contribution in [0.15, 0.2) is 18.2 Å². The minimum absolute atomic E-state index is 0.0981. The molecule has 0 spiro atoms. The number of aromatic hydroxyl groups is 1. The fourth-order valence-electron chi connectivity index (χ4n) is 0.718. The molecule has 0 bridgehead atoms. The average Bonchev–Trinajstić information content (AvgIpc) is 2.05. The Labute approximate surface area is 63.1 Å². The summed E-state index contributed by atoms with van der Waals surface area (Å²) in [5.74, 6) is -0.0981. The maximum absolute atomic E-state index is 10.2. The molecule has 0 heterocycles. The van der Waals surface area contributed by atoms with Gasteiger partial charge in [0.25, 0.3) is 0 Å². The highest BCUT2D eigenvalue weighted by atomic mass is 16.5. The number of carbonyl (C=O) groups is 1. The second kappa shape index (κ2) is 3.03. The quantitative estimate of drug-likeness (QED) is 0.337. The molecular weight excluding hydrogens is 146 g/mol. The summed E-state index contributed by atoms with van der Waals surface area (Å²) in [6, 6.07) is 4.10. The van der Waals surface area contributed by atoms with E-state index in [-0.39, 0.29) is 11.3 Å². The van der Waals surface area contributed by atoms with Gasteiger partial charge >= 0.3 is 0 Å². The SMILES string of the molecule is O=Cc1cc(NO)ccc1O. The monoisotopic (exact) mass is 153 g/mol. The first-order valence-electron chi connectivity index (χ1n) is 2.96. The largest absolute Gasteiger partial charge is 0.507 e. The number of anilines is 1. The third-order valence-electron chi connectivity index (χ3n) is 1.28. The Balaban J connectivity index is 3.12. The number of aldehydes is 1. The lowest BCUT2D eigenvalue weighted by atomic mass is 10.2. The van der Waals surface area contributed by atoms with Crippen molar-refractivity contribution in [3.63, 3.8) is 0 Å². The van der Waals surface area contributed by atoms with E-state index in [1.165, 1.54) is 18.2 Å². The summed E-state index contributed by atoms with van der Waals surface area (Å²) < 4.78 is 0. The van der Waals surface area contributed by atoms with E-state index in [9.17, 15) is 4.79 Å². The van der Waals surface area contributed by atoms with E-state index in [2.05, 4.69) is 0 Å². The molecule has 0 radical (unpaired) electrons. The number of carbonyl (C=O) groups excluding carboxylic acids is 1. The van der Waals surface area contributed by atoms with E-state index in [0.29, 0.717) is 12.0 Å². The summed E-state index contributed by atoms with van der Waals surface area (Å²) in [4.78, 5) is 10.2. The Bertz CT molecular complexity index is 272. The summed E-state index contributed by atoms with van der Waals surface area (Å²) in [5, 5.41) is 17.4. The number of nitrogens with one attached hydrogen (secondary N) is 1. The first kappa shape index (κ1) is 7.56. The van der Waals surface area contributed by atoms with Crippen molar-refractivity contribution in [2.75, 3.05) is 5.48 Å². The lowest BCUT2D eigenvalue weighted by Gasteiger charge is -2.00. The topological polar surface area (TPSA) is 69.6 Å². The molecule has 58 valence electrons. The van der Waals surface area contributed by atoms with Crippen LogP contribution >= 0.6 is 0 Å². The average molecular weight is 153 g/mol. The Morgan fingerprint density at radius 1 is 1.45 bits per heavy atom. The van der Waals surface area contributed by atoms with Gasteiger partial charge in [-0.3, -0.25) is 15.5 Å². The molecular formula is C7H7NO3. The summed E-state index contributed by atoms with van der Waals surface area (Å²) in [5.41, 5.74) is 2.37. The van der Waals surface area contributed by atoms with Crippen LogP contribution in [-0.2, 0) is 0 Å².